The first kappa shape index (κ1) is 28.0. The Morgan fingerprint density at radius 1 is 1.10 bits per heavy atom. The predicted octanol–water partition coefficient (Wildman–Crippen LogP) is 3.84. The summed E-state index contributed by atoms with van der Waals surface area (Å²) >= 11 is 0. The number of anilines is 2. The van der Waals surface area contributed by atoms with Crippen LogP contribution in [0.4, 0.5) is 11.6 Å². The number of nitrogens with zero attached hydrogens (tertiary/aromatic N) is 5. The van der Waals surface area contributed by atoms with Gasteiger partial charge in [-0.1, -0.05) is 48.2 Å². The van der Waals surface area contributed by atoms with Gasteiger partial charge in [-0.25, -0.2) is 0 Å². The average Bonchev–Trinajstić information content (AvgIpc) is 3.45. The molecule has 10 heteroatoms. The van der Waals surface area contributed by atoms with Crippen LogP contribution in [-0.4, -0.2) is 36.6 Å². The lowest BCUT2D eigenvalue weighted by atomic mass is 10.0. The minimum Gasteiger partial charge on any atom is -0.381 e. The Balaban J connectivity index is 1.62. The molecule has 0 spiro atoms. The molecule has 0 bridgehead atoms. The third kappa shape index (κ3) is 5.28. The Bertz CT molecular complexity index is 1940. The van der Waals surface area contributed by atoms with Gasteiger partial charge in [0.15, 0.2) is 5.82 Å². The fraction of sp³-hybridized carbons (Fsp3) is 0.188. The van der Waals surface area contributed by atoms with Gasteiger partial charge in [-0.15, -0.1) is 6.58 Å². The Hall–Kier alpha value is -5.56. The molecule has 1 amide bonds. The molecule has 5 aromatic rings. The lowest BCUT2D eigenvalue weighted by Crippen LogP contribution is -2.32. The van der Waals surface area contributed by atoms with E-state index in [1.54, 1.807) is 22.4 Å². The van der Waals surface area contributed by atoms with E-state index < -0.39 is 11.9 Å². The molecule has 0 aliphatic heterocycles. The Morgan fingerprint density at radius 2 is 1.83 bits per heavy atom. The van der Waals surface area contributed by atoms with Gasteiger partial charge in [0.2, 0.25) is 0 Å². The van der Waals surface area contributed by atoms with Crippen molar-refractivity contribution >= 4 is 28.3 Å². The molecule has 0 radical (unpaired) electrons. The number of aromatic nitrogens is 5. The number of nitrogens with two attached hydrogens (primary N) is 1. The fourth-order valence-corrected chi connectivity index (χ4v) is 4.99. The number of para-hydroxylation sites is 1. The molecule has 42 heavy (non-hydrogen) atoms. The number of pyridine rings is 1. The van der Waals surface area contributed by atoms with Crippen molar-refractivity contribution in [3.63, 3.8) is 0 Å². The number of hydrogen-bond acceptors (Lipinski definition) is 6. The second-order valence-corrected chi connectivity index (χ2v) is 9.96. The number of nitrogens with one attached hydrogen (secondary N) is 2. The molecule has 10 nitrogen and oxygen atoms in total. The average molecular weight is 561 g/mol. The maximum Gasteiger partial charge on any atom is 0.264 e. The molecule has 1 atom stereocenters. The van der Waals surface area contributed by atoms with E-state index in [1.165, 1.54) is 4.68 Å². The molecule has 4 N–H and O–H groups in total. The molecule has 0 aliphatic carbocycles. The van der Waals surface area contributed by atoms with E-state index in [0.29, 0.717) is 40.1 Å². The van der Waals surface area contributed by atoms with E-state index in [4.69, 9.17) is 5.73 Å². The van der Waals surface area contributed by atoms with Crippen molar-refractivity contribution in [2.45, 2.75) is 19.9 Å². The second-order valence-electron chi connectivity index (χ2n) is 9.96. The Labute approximate surface area is 243 Å². The van der Waals surface area contributed by atoms with Crippen LogP contribution in [0.25, 0.3) is 16.5 Å². The van der Waals surface area contributed by atoms with Gasteiger partial charge >= 0.3 is 0 Å². The molecule has 5 rings (SSSR count). The molecule has 2 aromatic carbocycles. The van der Waals surface area contributed by atoms with Crippen molar-refractivity contribution in [3.8, 4) is 17.5 Å². The maximum atomic E-state index is 14.3. The molecular formula is C32H32N8O2. The highest BCUT2D eigenvalue weighted by Crippen LogP contribution is 2.26. The van der Waals surface area contributed by atoms with Crippen LogP contribution in [0.5, 0.6) is 0 Å². The van der Waals surface area contributed by atoms with Crippen molar-refractivity contribution in [1.82, 2.24) is 29.4 Å². The molecular weight excluding hydrogens is 528 g/mol. The quantitative estimate of drug-likeness (QED) is 0.205. The highest BCUT2D eigenvalue weighted by atomic mass is 16.2. The summed E-state index contributed by atoms with van der Waals surface area (Å²) in [5.41, 5.74) is 9.58. The van der Waals surface area contributed by atoms with Crippen LogP contribution in [-0.2, 0) is 14.1 Å². The Kier molecular flexibility index (Phi) is 7.67. The third-order valence-corrected chi connectivity index (χ3v) is 6.94. The van der Waals surface area contributed by atoms with Crippen LogP contribution in [0.2, 0.25) is 0 Å². The molecule has 3 heterocycles. The predicted molar refractivity (Wildman–Crippen MR) is 166 cm³/mol. The second kappa shape index (κ2) is 11.5. The smallest absolute Gasteiger partial charge is 0.264 e. The van der Waals surface area contributed by atoms with E-state index in [2.05, 4.69) is 39.3 Å². The highest BCUT2D eigenvalue weighted by molar-refractivity contribution is 6.03. The van der Waals surface area contributed by atoms with Crippen LogP contribution in [0.15, 0.2) is 78.2 Å². The molecule has 0 fully saturated rings. The van der Waals surface area contributed by atoms with Gasteiger partial charge in [-0.2, -0.15) is 10.2 Å². The number of carbonyl (C=O) groups is 1. The monoisotopic (exact) mass is 560 g/mol. The van der Waals surface area contributed by atoms with Gasteiger partial charge in [0.25, 0.3) is 11.5 Å². The van der Waals surface area contributed by atoms with E-state index in [1.807, 2.05) is 81.7 Å². The van der Waals surface area contributed by atoms with Crippen LogP contribution in [0.1, 0.15) is 45.8 Å². The van der Waals surface area contributed by atoms with E-state index in [-0.39, 0.29) is 16.9 Å². The first-order valence-electron chi connectivity index (χ1n) is 13.4. The zero-order valence-corrected chi connectivity index (χ0v) is 24.0. The molecule has 3 aromatic heterocycles. The molecule has 212 valence electrons. The Morgan fingerprint density at radius 3 is 2.52 bits per heavy atom. The standard InChI is InChI=1S/C32H32N8O2/c1-6-17-34-30-28(29(33)37-39(30)5)31(41)35-21(3)26-18-23-12-10-11-22(15-16-24-19-38(4)36-20(24)2)27(23)32(42)40(26)25-13-8-7-9-14-25/h6-14,18-19,21,34H,1,17H2,2-5H3,(H2,33,37)(H,35,41). The number of nitrogen functional groups attached to an aromatic ring is 1. The number of benzene rings is 2. The first-order chi connectivity index (χ1) is 20.2. The summed E-state index contributed by atoms with van der Waals surface area (Å²) in [7, 11) is 3.55. The van der Waals surface area contributed by atoms with Crippen molar-refractivity contribution in [1.29, 1.82) is 0 Å². The third-order valence-electron chi connectivity index (χ3n) is 6.94. The summed E-state index contributed by atoms with van der Waals surface area (Å²) in [6, 6.07) is 16.3. The summed E-state index contributed by atoms with van der Waals surface area (Å²) in [6.07, 6.45) is 3.53. The summed E-state index contributed by atoms with van der Waals surface area (Å²) in [5.74, 6) is 6.51. The van der Waals surface area contributed by atoms with Gasteiger partial charge in [0.1, 0.15) is 11.4 Å². The SMILES string of the molecule is C=CCNc1c(C(=O)NC(C)c2cc3cccc(C#Cc4cn(C)nc4C)c3c(=O)n2-c2ccccc2)c(N)nn1C. The van der Waals surface area contributed by atoms with Crippen molar-refractivity contribution < 1.29 is 4.79 Å². The van der Waals surface area contributed by atoms with Gasteiger partial charge in [0, 0.05) is 43.8 Å². The lowest BCUT2D eigenvalue weighted by Gasteiger charge is -2.21. The summed E-state index contributed by atoms with van der Waals surface area (Å²) in [4.78, 5) is 27.8. The summed E-state index contributed by atoms with van der Waals surface area (Å²) in [6.45, 7) is 7.87. The van der Waals surface area contributed by atoms with Crippen LogP contribution >= 0.6 is 0 Å². The molecule has 0 aliphatic rings. The number of amides is 1. The van der Waals surface area contributed by atoms with Gasteiger partial charge in [-0.05, 0) is 43.5 Å². The first-order valence-corrected chi connectivity index (χ1v) is 13.4. The fourth-order valence-electron chi connectivity index (χ4n) is 4.99. The van der Waals surface area contributed by atoms with E-state index in [9.17, 15) is 9.59 Å². The molecule has 0 saturated heterocycles. The number of fused-ring (bicyclic) bond motifs is 1. The number of carbonyl (C=O) groups excluding carboxylic acids is 1. The lowest BCUT2D eigenvalue weighted by molar-refractivity contribution is 0.0940. The minimum atomic E-state index is -0.575. The van der Waals surface area contributed by atoms with Gasteiger partial charge in [0.05, 0.1) is 22.7 Å². The zero-order chi connectivity index (χ0) is 30.0. The normalized spacial score (nSPS) is 11.5. The summed E-state index contributed by atoms with van der Waals surface area (Å²) in [5, 5.41) is 15.9. The summed E-state index contributed by atoms with van der Waals surface area (Å²) < 4.78 is 4.85. The van der Waals surface area contributed by atoms with Crippen molar-refractivity contribution in [2.75, 3.05) is 17.6 Å². The van der Waals surface area contributed by atoms with Crippen molar-refractivity contribution in [2.24, 2.45) is 14.1 Å². The van der Waals surface area contributed by atoms with Crippen LogP contribution < -0.4 is 21.9 Å². The maximum absolute atomic E-state index is 14.3. The number of rotatable bonds is 7. The van der Waals surface area contributed by atoms with Gasteiger partial charge in [-0.3, -0.25) is 23.5 Å². The molecule has 1 unspecified atom stereocenters. The number of aryl methyl sites for hydroxylation is 3. The van der Waals surface area contributed by atoms with E-state index >= 15 is 0 Å². The van der Waals surface area contributed by atoms with Crippen LogP contribution in [0.3, 0.4) is 0 Å². The highest BCUT2D eigenvalue weighted by Gasteiger charge is 2.25. The number of hydrogen-bond donors (Lipinski definition) is 3. The van der Waals surface area contributed by atoms with Crippen LogP contribution in [0, 0.1) is 18.8 Å². The van der Waals surface area contributed by atoms with Crippen molar-refractivity contribution in [3.05, 3.63) is 112 Å². The van der Waals surface area contributed by atoms with E-state index in [0.717, 1.165) is 11.3 Å². The topological polar surface area (TPSA) is 125 Å². The van der Waals surface area contributed by atoms with Gasteiger partial charge < -0.3 is 16.4 Å². The zero-order valence-electron chi connectivity index (χ0n) is 24.0. The largest absolute Gasteiger partial charge is 0.381 e. The molecule has 0 saturated carbocycles. The minimum absolute atomic E-state index is 0.0970.